The summed E-state index contributed by atoms with van der Waals surface area (Å²) >= 11 is 12.1. The maximum Gasteiger partial charge on any atom is 0.0468 e. The summed E-state index contributed by atoms with van der Waals surface area (Å²) in [6, 6.07) is 5.77. The molecule has 0 saturated carbocycles. The van der Waals surface area contributed by atoms with Crippen LogP contribution in [0.4, 0.5) is 0 Å². The molecule has 1 rings (SSSR count). The molecule has 0 spiro atoms. The fraction of sp³-hybridized carbons (Fsp3) is 0.500. The monoisotopic (exact) mass is 260 g/mol. The van der Waals surface area contributed by atoms with Gasteiger partial charge in [0.15, 0.2) is 0 Å². The van der Waals surface area contributed by atoms with E-state index >= 15 is 0 Å². The Kier molecular flexibility index (Phi) is 5.56. The number of benzene rings is 1. The zero-order chi connectivity index (χ0) is 12.1. The Morgan fingerprint density at radius 3 is 2.50 bits per heavy atom. The van der Waals surface area contributed by atoms with Gasteiger partial charge in [-0.1, -0.05) is 42.6 Å². The van der Waals surface area contributed by atoms with E-state index in [9.17, 15) is 0 Å². The van der Waals surface area contributed by atoms with Gasteiger partial charge in [0.2, 0.25) is 0 Å². The van der Waals surface area contributed by atoms with Crippen molar-refractivity contribution in [2.45, 2.75) is 19.4 Å². The lowest BCUT2D eigenvalue weighted by Crippen LogP contribution is -2.30. The Labute approximate surface area is 107 Å². The summed E-state index contributed by atoms with van der Waals surface area (Å²) in [5.41, 5.74) is 6.83. The molecule has 0 amide bonds. The number of nitrogens with two attached hydrogens (primary N) is 1. The molecule has 16 heavy (non-hydrogen) atoms. The van der Waals surface area contributed by atoms with E-state index in [0.29, 0.717) is 22.5 Å². The highest BCUT2D eigenvalue weighted by molar-refractivity contribution is 6.35. The van der Waals surface area contributed by atoms with Crippen molar-refractivity contribution in [2.24, 2.45) is 11.7 Å². The topological polar surface area (TPSA) is 38.0 Å². The lowest BCUT2D eigenvalue weighted by Gasteiger charge is -2.26. The molecule has 2 nitrogen and oxygen atoms in total. The van der Waals surface area contributed by atoms with E-state index < -0.39 is 0 Å². The summed E-state index contributed by atoms with van der Waals surface area (Å²) in [6.45, 7) is 2.77. The lowest BCUT2D eigenvalue weighted by molar-refractivity contribution is 0.378. The summed E-state index contributed by atoms with van der Waals surface area (Å²) < 4.78 is 0. The molecule has 0 aliphatic carbocycles. The first-order valence-electron chi connectivity index (χ1n) is 5.46. The molecule has 4 heteroatoms. The minimum atomic E-state index is 0.180. The number of halogens is 2. The molecule has 2 atom stereocenters. The van der Waals surface area contributed by atoms with Crippen molar-refractivity contribution >= 4 is 23.2 Å². The van der Waals surface area contributed by atoms with Crippen LogP contribution in [0.2, 0.25) is 10.0 Å². The van der Waals surface area contributed by atoms with Gasteiger partial charge in [-0.15, -0.1) is 0 Å². The molecule has 0 aromatic heterocycles. The highest BCUT2D eigenvalue weighted by Gasteiger charge is 2.21. The van der Waals surface area contributed by atoms with Gasteiger partial charge in [0.25, 0.3) is 0 Å². The van der Waals surface area contributed by atoms with Gasteiger partial charge >= 0.3 is 0 Å². The van der Waals surface area contributed by atoms with Gasteiger partial charge in [-0.2, -0.15) is 0 Å². The maximum atomic E-state index is 6.20. The zero-order valence-corrected chi connectivity index (χ0v) is 11.1. The molecule has 1 aromatic carbocycles. The van der Waals surface area contributed by atoms with Gasteiger partial charge in [0, 0.05) is 16.1 Å². The van der Waals surface area contributed by atoms with E-state index in [1.807, 2.05) is 19.2 Å². The molecular formula is C12H18Cl2N2. The normalized spacial score (nSPS) is 14.8. The molecule has 90 valence electrons. The van der Waals surface area contributed by atoms with Crippen LogP contribution >= 0.6 is 23.2 Å². The maximum absolute atomic E-state index is 6.20. The zero-order valence-electron chi connectivity index (χ0n) is 9.63. The second kappa shape index (κ2) is 6.45. The fourth-order valence-electron chi connectivity index (χ4n) is 1.94. The van der Waals surface area contributed by atoms with Gasteiger partial charge in [0.1, 0.15) is 0 Å². The number of hydrogen-bond acceptors (Lipinski definition) is 2. The van der Waals surface area contributed by atoms with Crippen LogP contribution < -0.4 is 11.1 Å². The molecule has 0 radical (unpaired) electrons. The average molecular weight is 261 g/mol. The van der Waals surface area contributed by atoms with Crippen LogP contribution in [0.3, 0.4) is 0 Å². The number of rotatable bonds is 5. The van der Waals surface area contributed by atoms with E-state index in [4.69, 9.17) is 28.9 Å². The minimum absolute atomic E-state index is 0.180. The van der Waals surface area contributed by atoms with E-state index in [-0.39, 0.29) is 6.04 Å². The Bertz CT molecular complexity index is 338. The second-order valence-corrected chi connectivity index (χ2v) is 4.68. The van der Waals surface area contributed by atoms with Crippen LogP contribution in [0.25, 0.3) is 0 Å². The predicted octanol–water partition coefficient (Wildman–Crippen LogP) is 3.24. The van der Waals surface area contributed by atoms with Crippen molar-refractivity contribution in [3.63, 3.8) is 0 Å². The Balaban J connectivity index is 3.03. The second-order valence-electron chi connectivity index (χ2n) is 3.84. The first kappa shape index (κ1) is 13.8. The van der Waals surface area contributed by atoms with Crippen LogP contribution in [0, 0.1) is 5.92 Å². The summed E-state index contributed by atoms with van der Waals surface area (Å²) in [5.74, 6) is 0.378. The number of hydrogen-bond donors (Lipinski definition) is 2. The average Bonchev–Trinajstić information content (AvgIpc) is 2.27. The van der Waals surface area contributed by atoms with E-state index in [1.54, 1.807) is 6.07 Å². The van der Waals surface area contributed by atoms with Crippen LogP contribution in [0.15, 0.2) is 18.2 Å². The third-order valence-corrected chi connectivity index (χ3v) is 3.47. The van der Waals surface area contributed by atoms with E-state index in [1.165, 1.54) is 0 Å². The van der Waals surface area contributed by atoms with Crippen LogP contribution in [0.1, 0.15) is 24.9 Å². The van der Waals surface area contributed by atoms with Crippen molar-refractivity contribution in [2.75, 3.05) is 13.6 Å². The highest BCUT2D eigenvalue weighted by atomic mass is 35.5. The molecule has 0 saturated heterocycles. The fourth-order valence-corrected chi connectivity index (χ4v) is 2.46. The van der Waals surface area contributed by atoms with Gasteiger partial charge < -0.3 is 11.1 Å². The molecular weight excluding hydrogens is 243 g/mol. The van der Waals surface area contributed by atoms with Crippen molar-refractivity contribution in [1.29, 1.82) is 0 Å². The first-order chi connectivity index (χ1) is 7.63. The van der Waals surface area contributed by atoms with Crippen molar-refractivity contribution in [3.05, 3.63) is 33.8 Å². The van der Waals surface area contributed by atoms with E-state index in [0.717, 1.165) is 12.0 Å². The largest absolute Gasteiger partial charge is 0.330 e. The van der Waals surface area contributed by atoms with Crippen molar-refractivity contribution < 1.29 is 0 Å². The van der Waals surface area contributed by atoms with Crippen molar-refractivity contribution in [3.8, 4) is 0 Å². The standard InChI is InChI=1S/C12H18Cl2N2/c1-3-8(7-15)12(16-2)10-5-4-9(13)6-11(10)14/h4-6,8,12,16H,3,7,15H2,1-2H3. The summed E-state index contributed by atoms with van der Waals surface area (Å²) in [5, 5.41) is 4.62. The molecule has 1 aromatic rings. The van der Waals surface area contributed by atoms with Gasteiger partial charge in [-0.05, 0) is 37.2 Å². The van der Waals surface area contributed by atoms with E-state index in [2.05, 4.69) is 12.2 Å². The molecule has 0 aliphatic rings. The third-order valence-electron chi connectivity index (χ3n) is 2.91. The van der Waals surface area contributed by atoms with Gasteiger partial charge in [0.05, 0.1) is 0 Å². The van der Waals surface area contributed by atoms with Crippen LogP contribution in [-0.4, -0.2) is 13.6 Å². The summed E-state index contributed by atoms with van der Waals surface area (Å²) in [4.78, 5) is 0. The van der Waals surface area contributed by atoms with Crippen LogP contribution in [0.5, 0.6) is 0 Å². The highest BCUT2D eigenvalue weighted by Crippen LogP contribution is 2.31. The first-order valence-corrected chi connectivity index (χ1v) is 6.21. The Morgan fingerprint density at radius 2 is 2.06 bits per heavy atom. The molecule has 0 aliphatic heterocycles. The third kappa shape index (κ3) is 3.11. The summed E-state index contributed by atoms with van der Waals surface area (Å²) in [7, 11) is 1.92. The number of nitrogens with one attached hydrogen (secondary N) is 1. The lowest BCUT2D eigenvalue weighted by atomic mass is 9.91. The van der Waals surface area contributed by atoms with Crippen LogP contribution in [-0.2, 0) is 0 Å². The molecule has 0 heterocycles. The smallest absolute Gasteiger partial charge is 0.0468 e. The van der Waals surface area contributed by atoms with Crippen molar-refractivity contribution in [1.82, 2.24) is 5.32 Å². The predicted molar refractivity (Wildman–Crippen MR) is 71.1 cm³/mol. The molecule has 3 N–H and O–H groups in total. The SMILES string of the molecule is CCC(CN)C(NC)c1ccc(Cl)cc1Cl. The van der Waals surface area contributed by atoms with Gasteiger partial charge in [-0.25, -0.2) is 0 Å². The molecule has 0 fully saturated rings. The minimum Gasteiger partial charge on any atom is -0.330 e. The van der Waals surface area contributed by atoms with Gasteiger partial charge in [-0.3, -0.25) is 0 Å². The Morgan fingerprint density at radius 1 is 1.38 bits per heavy atom. The quantitative estimate of drug-likeness (QED) is 0.853. The molecule has 2 unspecified atom stereocenters. The Hall–Kier alpha value is -0.280. The molecule has 0 bridgehead atoms. The summed E-state index contributed by atoms with van der Waals surface area (Å²) in [6.07, 6.45) is 1.01.